The first-order valence-electron chi connectivity index (χ1n) is 8.60. The van der Waals surface area contributed by atoms with Gasteiger partial charge >= 0.3 is 0 Å². The highest BCUT2D eigenvalue weighted by Crippen LogP contribution is 2.55. The topological polar surface area (TPSA) is 86.9 Å². The third-order valence-electron chi connectivity index (χ3n) is 6.01. The van der Waals surface area contributed by atoms with E-state index in [2.05, 4.69) is 16.0 Å². The summed E-state index contributed by atoms with van der Waals surface area (Å²) in [5, 5.41) is 19.6. The van der Waals surface area contributed by atoms with Crippen molar-refractivity contribution in [1.82, 2.24) is 9.97 Å². The van der Waals surface area contributed by atoms with E-state index >= 15 is 0 Å². The molecule has 0 amide bonds. The molecular weight excluding hydrogens is 314 g/mol. The molecular formula is C20H19N3O2. The smallest absolute Gasteiger partial charge is 0.153 e. The predicted molar refractivity (Wildman–Crippen MR) is 90.6 cm³/mol. The van der Waals surface area contributed by atoms with E-state index in [0.29, 0.717) is 6.42 Å². The monoisotopic (exact) mass is 333 g/mol. The molecule has 1 heterocycles. The van der Waals surface area contributed by atoms with Crippen molar-refractivity contribution >= 4 is 5.78 Å². The van der Waals surface area contributed by atoms with Gasteiger partial charge < -0.3 is 5.11 Å². The average molecular weight is 333 g/mol. The maximum atomic E-state index is 12.7. The zero-order chi connectivity index (χ0) is 17.6. The summed E-state index contributed by atoms with van der Waals surface area (Å²) in [5.41, 5.74) is 2.37. The molecule has 0 aliphatic heterocycles. The van der Waals surface area contributed by atoms with Gasteiger partial charge in [-0.3, -0.25) is 4.79 Å². The van der Waals surface area contributed by atoms with Gasteiger partial charge in [-0.2, -0.15) is 5.26 Å². The van der Waals surface area contributed by atoms with Crippen LogP contribution in [0.1, 0.15) is 36.6 Å². The van der Waals surface area contributed by atoms with Gasteiger partial charge in [0, 0.05) is 17.5 Å². The van der Waals surface area contributed by atoms with E-state index in [4.69, 9.17) is 0 Å². The number of nitriles is 1. The minimum atomic E-state index is -0.658. The van der Waals surface area contributed by atoms with Crippen LogP contribution in [0.25, 0.3) is 0 Å². The molecule has 1 unspecified atom stereocenters. The summed E-state index contributed by atoms with van der Waals surface area (Å²) in [4.78, 5) is 21.4. The Kier molecular flexibility index (Phi) is 3.57. The molecule has 2 aliphatic rings. The van der Waals surface area contributed by atoms with Gasteiger partial charge in [0.15, 0.2) is 5.78 Å². The molecule has 0 saturated heterocycles. The van der Waals surface area contributed by atoms with E-state index in [9.17, 15) is 15.2 Å². The number of hydrogen-bond acceptors (Lipinski definition) is 5. The van der Waals surface area contributed by atoms with Crippen molar-refractivity contribution < 1.29 is 9.90 Å². The fourth-order valence-electron chi connectivity index (χ4n) is 4.90. The minimum absolute atomic E-state index is 0.0285. The third-order valence-corrected chi connectivity index (χ3v) is 6.01. The van der Waals surface area contributed by atoms with Crippen LogP contribution in [0, 0.1) is 29.1 Å². The van der Waals surface area contributed by atoms with Crippen LogP contribution in [-0.2, 0) is 16.6 Å². The molecule has 5 nitrogen and oxygen atoms in total. The van der Waals surface area contributed by atoms with Crippen molar-refractivity contribution in [2.75, 3.05) is 0 Å². The lowest BCUT2D eigenvalue weighted by molar-refractivity contribution is -0.131. The van der Waals surface area contributed by atoms with Crippen molar-refractivity contribution in [2.45, 2.75) is 31.6 Å². The van der Waals surface area contributed by atoms with E-state index in [-0.39, 0.29) is 23.4 Å². The predicted octanol–water partition coefficient (Wildman–Crippen LogP) is 2.78. The molecule has 2 aliphatic carbocycles. The van der Waals surface area contributed by atoms with Gasteiger partial charge in [-0.1, -0.05) is 19.1 Å². The molecule has 0 radical (unpaired) electrons. The molecule has 2 aromatic rings. The van der Waals surface area contributed by atoms with E-state index in [1.165, 1.54) is 6.33 Å². The van der Waals surface area contributed by atoms with Crippen LogP contribution in [0.4, 0.5) is 0 Å². The molecule has 1 N–H and O–H groups in total. The number of phenolic OH excluding ortho intramolecular Hbond substituents is 1. The van der Waals surface area contributed by atoms with Gasteiger partial charge in [-0.05, 0) is 48.4 Å². The second kappa shape index (κ2) is 5.66. The second-order valence-corrected chi connectivity index (χ2v) is 7.14. The normalized spacial score (nSPS) is 30.9. The minimum Gasteiger partial charge on any atom is -0.508 e. The van der Waals surface area contributed by atoms with Crippen molar-refractivity contribution in [3.63, 3.8) is 0 Å². The Morgan fingerprint density at radius 1 is 1.40 bits per heavy atom. The van der Waals surface area contributed by atoms with Gasteiger partial charge in [0.05, 0.1) is 11.8 Å². The highest BCUT2D eigenvalue weighted by Gasteiger charge is 2.56. The second-order valence-electron chi connectivity index (χ2n) is 7.14. The maximum Gasteiger partial charge on any atom is 0.153 e. The lowest BCUT2D eigenvalue weighted by Gasteiger charge is -2.51. The number of benzene rings is 1. The standard InChI is InChI=1S/C20H19N3O2/c1-12-17-6-5-13-10-22-11-23-19(13)20(17,8-14(9-21)18(12)25)15-3-2-4-16(24)7-15/h2-4,7,10-12,14,17,24H,5-6,8H2,1H3/t12-,14?,17-,20-/m0/s1. The van der Waals surface area contributed by atoms with Crippen LogP contribution in [0.5, 0.6) is 5.75 Å². The Labute approximate surface area is 146 Å². The quantitative estimate of drug-likeness (QED) is 0.867. The largest absolute Gasteiger partial charge is 0.508 e. The van der Waals surface area contributed by atoms with Crippen LogP contribution < -0.4 is 0 Å². The molecule has 1 saturated carbocycles. The summed E-state index contributed by atoms with van der Waals surface area (Å²) >= 11 is 0. The molecule has 4 atom stereocenters. The Balaban J connectivity index is 2.01. The summed E-state index contributed by atoms with van der Waals surface area (Å²) in [7, 11) is 0. The van der Waals surface area contributed by atoms with Crippen LogP contribution in [0.2, 0.25) is 0 Å². The third kappa shape index (κ3) is 2.17. The fraction of sp³-hybridized carbons (Fsp3) is 0.400. The molecule has 4 rings (SSSR count). The molecule has 0 spiro atoms. The number of carbonyl (C=O) groups is 1. The first-order valence-corrected chi connectivity index (χ1v) is 8.60. The van der Waals surface area contributed by atoms with Crippen LogP contribution in [-0.4, -0.2) is 20.9 Å². The summed E-state index contributed by atoms with van der Waals surface area (Å²) in [6.45, 7) is 1.93. The van der Waals surface area contributed by atoms with Crippen molar-refractivity contribution in [2.24, 2.45) is 17.8 Å². The first-order chi connectivity index (χ1) is 12.1. The number of nitrogens with zero attached hydrogens (tertiary/aromatic N) is 3. The number of carbonyl (C=O) groups excluding carboxylic acids is 1. The van der Waals surface area contributed by atoms with Crippen LogP contribution in [0.3, 0.4) is 0 Å². The molecule has 126 valence electrons. The highest BCUT2D eigenvalue weighted by atomic mass is 16.3. The number of ketones is 1. The molecule has 1 aromatic heterocycles. The summed E-state index contributed by atoms with van der Waals surface area (Å²) in [6, 6.07) is 9.38. The average Bonchev–Trinajstić information content (AvgIpc) is 2.64. The van der Waals surface area contributed by atoms with Crippen molar-refractivity contribution in [3.8, 4) is 11.8 Å². The van der Waals surface area contributed by atoms with Crippen molar-refractivity contribution in [1.29, 1.82) is 5.26 Å². The lowest BCUT2D eigenvalue weighted by atomic mass is 9.51. The van der Waals surface area contributed by atoms with Gasteiger partial charge in [0.1, 0.15) is 18.0 Å². The van der Waals surface area contributed by atoms with Gasteiger partial charge in [-0.25, -0.2) is 9.97 Å². The number of aromatic hydroxyl groups is 1. The maximum absolute atomic E-state index is 12.7. The molecule has 1 aromatic carbocycles. The zero-order valence-corrected chi connectivity index (χ0v) is 14.0. The first kappa shape index (κ1) is 15.8. The Bertz CT molecular complexity index is 889. The molecule has 5 heteroatoms. The summed E-state index contributed by atoms with van der Waals surface area (Å²) in [6.07, 6.45) is 5.46. The van der Waals surface area contributed by atoms with Crippen LogP contribution >= 0.6 is 0 Å². The van der Waals surface area contributed by atoms with Crippen LogP contribution in [0.15, 0.2) is 36.8 Å². The number of hydrogen-bond donors (Lipinski definition) is 1. The number of rotatable bonds is 1. The highest BCUT2D eigenvalue weighted by molar-refractivity contribution is 5.87. The number of Topliss-reactive ketones (excluding diaryl/α,β-unsaturated/α-hetero) is 1. The number of aromatic nitrogens is 2. The molecule has 25 heavy (non-hydrogen) atoms. The van der Waals surface area contributed by atoms with E-state index in [1.807, 2.05) is 25.3 Å². The van der Waals surface area contributed by atoms with E-state index in [1.54, 1.807) is 12.1 Å². The Hall–Kier alpha value is -2.74. The Morgan fingerprint density at radius 2 is 2.24 bits per heavy atom. The number of fused-ring (bicyclic) bond motifs is 3. The van der Waals surface area contributed by atoms with Gasteiger partial charge in [0.25, 0.3) is 0 Å². The van der Waals surface area contributed by atoms with Gasteiger partial charge in [0.2, 0.25) is 0 Å². The fourth-order valence-corrected chi connectivity index (χ4v) is 4.90. The SMILES string of the molecule is C[C@@H]1C(=O)C(C#N)C[C@@]2(c3cccc(O)c3)c3ncncc3CC[C@@H]12. The zero-order valence-electron chi connectivity index (χ0n) is 14.0. The summed E-state index contributed by atoms with van der Waals surface area (Å²) < 4.78 is 0. The molecule has 1 fully saturated rings. The van der Waals surface area contributed by atoms with Crippen molar-refractivity contribution in [3.05, 3.63) is 53.6 Å². The number of aryl methyl sites for hydroxylation is 1. The molecule has 0 bridgehead atoms. The van der Waals surface area contributed by atoms with E-state index < -0.39 is 11.3 Å². The lowest BCUT2D eigenvalue weighted by Crippen LogP contribution is -2.53. The Morgan fingerprint density at radius 3 is 3.00 bits per heavy atom. The van der Waals surface area contributed by atoms with Gasteiger partial charge in [-0.15, -0.1) is 0 Å². The summed E-state index contributed by atoms with van der Waals surface area (Å²) in [5.74, 6) is -0.599. The number of phenols is 1. The van der Waals surface area contributed by atoms with E-state index in [0.717, 1.165) is 29.7 Å².